The highest BCUT2D eigenvalue weighted by atomic mass is 19.3. The minimum atomic E-state index is -3.24. The number of allylic oxidation sites excluding steroid dienone is 2. The van der Waals surface area contributed by atoms with Crippen LogP contribution in [0.4, 0.5) is 17.6 Å². The van der Waals surface area contributed by atoms with Gasteiger partial charge in [-0.1, -0.05) is 38.3 Å². The predicted molar refractivity (Wildman–Crippen MR) is 116 cm³/mol. The molecule has 2 aliphatic rings. The second-order valence-electron chi connectivity index (χ2n) is 9.40. The van der Waals surface area contributed by atoms with Crippen molar-refractivity contribution in [1.82, 2.24) is 0 Å². The van der Waals surface area contributed by atoms with E-state index in [4.69, 9.17) is 0 Å². The summed E-state index contributed by atoms with van der Waals surface area (Å²) >= 11 is 0. The molecule has 3 rings (SSSR count). The summed E-state index contributed by atoms with van der Waals surface area (Å²) in [7, 11) is 0. The van der Waals surface area contributed by atoms with Crippen molar-refractivity contribution in [2.75, 3.05) is 0 Å². The maximum Gasteiger partial charge on any atom is 0.387 e. The Kier molecular flexibility index (Phi) is 9.28. The van der Waals surface area contributed by atoms with Crippen molar-refractivity contribution in [1.29, 1.82) is 0 Å². The fraction of sp³-hybridized carbons (Fsp3) is 0.692. The van der Waals surface area contributed by atoms with Gasteiger partial charge in [0.2, 0.25) is 0 Å². The summed E-state index contributed by atoms with van der Waals surface area (Å²) in [4.78, 5) is 0. The van der Waals surface area contributed by atoms with Gasteiger partial charge in [-0.2, -0.15) is 8.78 Å². The van der Waals surface area contributed by atoms with Gasteiger partial charge in [0.05, 0.1) is 0 Å². The topological polar surface area (TPSA) is 9.23 Å². The Morgan fingerprint density at radius 3 is 2.03 bits per heavy atom. The lowest BCUT2D eigenvalue weighted by Crippen LogP contribution is -2.25. The van der Waals surface area contributed by atoms with Gasteiger partial charge in [0.1, 0.15) is 0 Å². The fourth-order valence-electron chi connectivity index (χ4n) is 5.70. The molecule has 2 saturated carbocycles. The average Bonchev–Trinajstić information content (AvgIpc) is 2.76. The van der Waals surface area contributed by atoms with Crippen LogP contribution in [0, 0.1) is 29.4 Å². The summed E-state index contributed by atoms with van der Waals surface area (Å²) in [6.45, 7) is -1.07. The minimum Gasteiger partial charge on any atom is -0.429 e. The van der Waals surface area contributed by atoms with Crippen LogP contribution in [0.1, 0.15) is 95.5 Å². The largest absolute Gasteiger partial charge is 0.429 e. The summed E-state index contributed by atoms with van der Waals surface area (Å²) in [5, 5.41) is 0. The first kappa shape index (κ1) is 24.1. The lowest BCUT2D eigenvalue weighted by atomic mass is 9.68. The number of ether oxygens (including phenoxy) is 1. The first-order chi connectivity index (χ1) is 15.0. The van der Waals surface area contributed by atoms with Crippen molar-refractivity contribution < 1.29 is 22.3 Å². The van der Waals surface area contributed by atoms with E-state index >= 15 is 0 Å². The molecule has 2 aliphatic carbocycles. The highest BCUT2D eigenvalue weighted by Crippen LogP contribution is 2.45. The summed E-state index contributed by atoms with van der Waals surface area (Å²) < 4.78 is 56.8. The highest BCUT2D eigenvalue weighted by Gasteiger charge is 2.32. The summed E-state index contributed by atoms with van der Waals surface area (Å²) in [6, 6.07) is 2.35. The van der Waals surface area contributed by atoms with Crippen LogP contribution >= 0.6 is 0 Å². The average molecular weight is 441 g/mol. The van der Waals surface area contributed by atoms with Crippen LogP contribution in [0.3, 0.4) is 0 Å². The monoisotopic (exact) mass is 440 g/mol. The van der Waals surface area contributed by atoms with E-state index in [0.717, 1.165) is 43.9 Å². The Morgan fingerprint density at radius 2 is 1.48 bits per heavy atom. The molecular weight excluding hydrogens is 404 g/mol. The van der Waals surface area contributed by atoms with Crippen LogP contribution in [0.25, 0.3) is 0 Å². The smallest absolute Gasteiger partial charge is 0.387 e. The Hall–Kier alpha value is -1.52. The predicted octanol–water partition coefficient (Wildman–Crippen LogP) is 8.78. The number of hydrogen-bond acceptors (Lipinski definition) is 1. The second kappa shape index (κ2) is 11.9. The van der Waals surface area contributed by atoms with Crippen LogP contribution in [0.5, 0.6) is 5.75 Å². The molecule has 31 heavy (non-hydrogen) atoms. The van der Waals surface area contributed by atoms with Crippen molar-refractivity contribution in [3.05, 3.63) is 41.5 Å². The highest BCUT2D eigenvalue weighted by molar-refractivity contribution is 5.33. The molecule has 0 aliphatic heterocycles. The first-order valence-corrected chi connectivity index (χ1v) is 12.1. The van der Waals surface area contributed by atoms with Gasteiger partial charge < -0.3 is 4.74 Å². The molecule has 1 aromatic rings. The Balaban J connectivity index is 1.44. The van der Waals surface area contributed by atoms with Crippen molar-refractivity contribution in [3.63, 3.8) is 0 Å². The van der Waals surface area contributed by atoms with E-state index in [1.165, 1.54) is 57.1 Å². The number of rotatable bonds is 9. The number of benzene rings is 1. The lowest BCUT2D eigenvalue weighted by Gasteiger charge is -2.38. The number of halogens is 4. The molecule has 1 nitrogen and oxygen atoms in total. The Morgan fingerprint density at radius 1 is 0.903 bits per heavy atom. The number of alkyl halides is 2. The Bertz CT molecular complexity index is 678. The molecule has 0 N–H and O–H groups in total. The molecule has 174 valence electrons. The molecule has 0 radical (unpaired) electrons. The van der Waals surface area contributed by atoms with Crippen LogP contribution in [0.2, 0.25) is 0 Å². The van der Waals surface area contributed by atoms with Gasteiger partial charge in [0, 0.05) is 0 Å². The summed E-state index contributed by atoms with van der Waals surface area (Å²) in [5.74, 6) is -0.600. The third kappa shape index (κ3) is 6.98. The van der Waals surface area contributed by atoms with Crippen LogP contribution in [0.15, 0.2) is 24.3 Å². The van der Waals surface area contributed by atoms with Crippen molar-refractivity contribution in [3.8, 4) is 5.75 Å². The second-order valence-corrected chi connectivity index (χ2v) is 9.40. The minimum absolute atomic E-state index is 0.0911. The molecule has 0 heterocycles. The van der Waals surface area contributed by atoms with E-state index in [-0.39, 0.29) is 5.92 Å². The molecule has 1 aromatic carbocycles. The molecular formula is C26H36F4O. The van der Waals surface area contributed by atoms with Crippen LogP contribution in [-0.4, -0.2) is 6.61 Å². The van der Waals surface area contributed by atoms with Gasteiger partial charge in [-0.15, -0.1) is 0 Å². The van der Waals surface area contributed by atoms with Crippen LogP contribution < -0.4 is 4.74 Å². The van der Waals surface area contributed by atoms with E-state index in [1.54, 1.807) is 0 Å². The standard InChI is InChI=1S/C26H36F4O/c1-2-3-4-5-6-7-18-8-10-19(11-9-18)20-12-14-21(15-13-20)22-16-23(27)25(24(28)17-22)31-26(29)30/h3-4,16-21,26H,2,5-15H2,1H3/b4-3+. The van der Waals surface area contributed by atoms with Gasteiger partial charge in [-0.05, 0) is 99.2 Å². The summed E-state index contributed by atoms with van der Waals surface area (Å²) in [6.07, 6.45) is 18.8. The Labute approximate surface area is 184 Å². The fourth-order valence-corrected chi connectivity index (χ4v) is 5.70. The van der Waals surface area contributed by atoms with Gasteiger partial charge in [-0.3, -0.25) is 0 Å². The molecule has 5 heteroatoms. The maximum atomic E-state index is 14.1. The van der Waals surface area contributed by atoms with Crippen LogP contribution in [-0.2, 0) is 0 Å². The van der Waals surface area contributed by atoms with Crippen molar-refractivity contribution >= 4 is 0 Å². The molecule has 0 aromatic heterocycles. The molecule has 0 unspecified atom stereocenters. The van der Waals surface area contributed by atoms with Gasteiger partial charge >= 0.3 is 6.61 Å². The normalized spacial score (nSPS) is 27.2. The third-order valence-electron chi connectivity index (χ3n) is 7.41. The van der Waals surface area contributed by atoms with Gasteiger partial charge in [0.25, 0.3) is 0 Å². The third-order valence-corrected chi connectivity index (χ3v) is 7.41. The zero-order valence-electron chi connectivity index (χ0n) is 18.6. The molecule has 0 bridgehead atoms. The SMILES string of the molecule is CC/C=C/CCCC1CCC(C2CCC(c3cc(F)c(OC(F)F)c(F)c3)CC2)CC1. The van der Waals surface area contributed by atoms with E-state index in [9.17, 15) is 17.6 Å². The van der Waals surface area contributed by atoms with Crippen molar-refractivity contribution in [2.45, 2.75) is 96.5 Å². The molecule has 2 fully saturated rings. The molecule has 0 atom stereocenters. The molecule has 0 saturated heterocycles. The van der Waals surface area contributed by atoms with E-state index in [2.05, 4.69) is 23.8 Å². The van der Waals surface area contributed by atoms with E-state index < -0.39 is 24.0 Å². The molecule has 0 amide bonds. The quantitative estimate of drug-likeness (QED) is 0.212. The van der Waals surface area contributed by atoms with Gasteiger partial charge in [0.15, 0.2) is 17.4 Å². The zero-order chi connectivity index (χ0) is 22.2. The number of hydrogen-bond donors (Lipinski definition) is 0. The molecule has 0 spiro atoms. The first-order valence-electron chi connectivity index (χ1n) is 12.1. The lowest BCUT2D eigenvalue weighted by molar-refractivity contribution is -0.0546. The van der Waals surface area contributed by atoms with Gasteiger partial charge in [-0.25, -0.2) is 8.78 Å². The van der Waals surface area contributed by atoms with Crippen molar-refractivity contribution in [2.24, 2.45) is 17.8 Å². The number of unbranched alkanes of at least 4 members (excludes halogenated alkanes) is 1. The van der Waals surface area contributed by atoms with E-state index in [1.807, 2.05) is 0 Å². The zero-order valence-corrected chi connectivity index (χ0v) is 18.6. The summed E-state index contributed by atoms with van der Waals surface area (Å²) in [5.41, 5.74) is 0.566. The van der Waals surface area contributed by atoms with E-state index in [0.29, 0.717) is 11.5 Å². The maximum absolute atomic E-state index is 14.1.